The normalized spacial score (nSPS) is 15.4. The molecule has 5 rings (SSSR count). The first-order valence-corrected chi connectivity index (χ1v) is 12.9. The highest BCUT2D eigenvalue weighted by atomic mass is 16.6. The molecule has 0 unspecified atom stereocenters. The molecule has 0 radical (unpaired) electrons. The first-order valence-electron chi connectivity index (χ1n) is 12.9. The SMILES string of the molecule is [C-]#[N+]c1ccc(-c2cc(OC[C@@H]3CCN(C(=O)OC(C)(C)C)C3)c3n[nH]c(=O)n3c2-c2ccc(C)cc2)cc1. The van der Waals surface area contributed by atoms with E-state index >= 15 is 0 Å². The molecule has 3 heterocycles. The van der Waals surface area contributed by atoms with E-state index in [0.29, 0.717) is 42.5 Å². The third-order valence-corrected chi connectivity index (χ3v) is 6.69. The average Bonchev–Trinajstić information content (AvgIpc) is 3.54. The number of amides is 1. The standard InChI is InChI=1S/C30H31N5O4/c1-19-6-8-22(9-7-19)26-24(21-10-12-23(31-5)13-11-21)16-25(27-32-33-28(36)35(26)27)38-18-20-14-15-34(17-20)29(37)39-30(2,3)4/h6-13,16,20H,14-15,17-18H2,1-4H3,(H,33,36)/t20-/m1/s1. The number of pyridine rings is 1. The Bertz CT molecular complexity index is 1610. The molecule has 1 atom stereocenters. The fourth-order valence-corrected chi connectivity index (χ4v) is 4.76. The maximum atomic E-state index is 13.1. The predicted molar refractivity (Wildman–Crippen MR) is 149 cm³/mol. The molecular formula is C30H31N5O4. The Morgan fingerprint density at radius 1 is 1.13 bits per heavy atom. The number of hydrogen-bond acceptors (Lipinski definition) is 5. The van der Waals surface area contributed by atoms with Crippen LogP contribution in [0.3, 0.4) is 0 Å². The molecule has 0 bridgehead atoms. The van der Waals surface area contributed by atoms with Gasteiger partial charge in [-0.3, -0.25) is 0 Å². The van der Waals surface area contributed by atoms with Crippen LogP contribution in [0.1, 0.15) is 32.8 Å². The van der Waals surface area contributed by atoms with E-state index in [1.807, 2.05) is 70.2 Å². The summed E-state index contributed by atoms with van der Waals surface area (Å²) in [7, 11) is 0. The number of nitrogens with zero attached hydrogens (tertiary/aromatic N) is 4. The molecule has 0 saturated carbocycles. The van der Waals surface area contributed by atoms with Crippen molar-refractivity contribution in [3.05, 3.63) is 82.1 Å². The van der Waals surface area contributed by atoms with Crippen LogP contribution >= 0.6 is 0 Å². The summed E-state index contributed by atoms with van der Waals surface area (Å²) in [5, 5.41) is 6.86. The van der Waals surface area contributed by atoms with Gasteiger partial charge in [0.2, 0.25) is 5.65 Å². The number of carbonyl (C=O) groups excluding carboxylic acids is 1. The molecule has 0 spiro atoms. The van der Waals surface area contributed by atoms with E-state index in [2.05, 4.69) is 15.0 Å². The fourth-order valence-electron chi connectivity index (χ4n) is 4.76. The molecule has 1 amide bonds. The van der Waals surface area contributed by atoms with Crippen molar-refractivity contribution in [2.45, 2.75) is 39.7 Å². The number of hydrogen-bond donors (Lipinski definition) is 1. The summed E-state index contributed by atoms with van der Waals surface area (Å²) in [4.78, 5) is 30.8. The van der Waals surface area contributed by atoms with Crippen LogP contribution in [0.15, 0.2) is 59.4 Å². The smallest absolute Gasteiger partial charge is 0.410 e. The zero-order chi connectivity index (χ0) is 27.7. The molecule has 39 heavy (non-hydrogen) atoms. The van der Waals surface area contributed by atoms with Gasteiger partial charge in [0.15, 0.2) is 11.4 Å². The van der Waals surface area contributed by atoms with E-state index in [1.165, 1.54) is 0 Å². The molecule has 1 saturated heterocycles. The minimum absolute atomic E-state index is 0.112. The molecule has 1 N–H and O–H groups in total. The monoisotopic (exact) mass is 525 g/mol. The number of rotatable bonds is 5. The highest BCUT2D eigenvalue weighted by molar-refractivity contribution is 5.85. The van der Waals surface area contributed by atoms with E-state index in [9.17, 15) is 9.59 Å². The van der Waals surface area contributed by atoms with Crippen molar-refractivity contribution in [2.24, 2.45) is 5.92 Å². The van der Waals surface area contributed by atoms with Crippen LogP contribution in [0.5, 0.6) is 5.75 Å². The van der Waals surface area contributed by atoms with Crippen molar-refractivity contribution < 1.29 is 14.3 Å². The van der Waals surface area contributed by atoms with Crippen LogP contribution in [-0.4, -0.2) is 50.9 Å². The van der Waals surface area contributed by atoms with E-state index in [1.54, 1.807) is 21.4 Å². The van der Waals surface area contributed by atoms with Gasteiger partial charge < -0.3 is 14.4 Å². The lowest BCUT2D eigenvalue weighted by atomic mass is 9.98. The molecule has 2 aromatic carbocycles. The summed E-state index contributed by atoms with van der Waals surface area (Å²) in [6, 6.07) is 17.1. The number of carbonyl (C=O) groups is 1. The summed E-state index contributed by atoms with van der Waals surface area (Å²) in [5.74, 6) is 0.575. The minimum Gasteiger partial charge on any atom is -0.489 e. The predicted octanol–water partition coefficient (Wildman–Crippen LogP) is 5.85. The lowest BCUT2D eigenvalue weighted by molar-refractivity contribution is 0.0285. The molecule has 1 aliphatic heterocycles. The van der Waals surface area contributed by atoms with Gasteiger partial charge in [-0.25, -0.2) is 23.9 Å². The first kappa shape index (κ1) is 26.0. The zero-order valence-electron chi connectivity index (χ0n) is 22.5. The van der Waals surface area contributed by atoms with Gasteiger partial charge in [0.1, 0.15) is 5.60 Å². The van der Waals surface area contributed by atoms with Gasteiger partial charge in [-0.15, -0.1) is 5.10 Å². The van der Waals surface area contributed by atoms with Crippen molar-refractivity contribution >= 4 is 17.4 Å². The number of aryl methyl sites for hydroxylation is 1. The van der Waals surface area contributed by atoms with Crippen LogP contribution in [0.4, 0.5) is 10.5 Å². The summed E-state index contributed by atoms with van der Waals surface area (Å²) in [6.07, 6.45) is 0.466. The second kappa shape index (κ2) is 10.3. The van der Waals surface area contributed by atoms with Crippen molar-refractivity contribution in [1.29, 1.82) is 0 Å². The van der Waals surface area contributed by atoms with Gasteiger partial charge in [-0.05, 0) is 51.3 Å². The Hall–Kier alpha value is -4.58. The Kier molecular flexibility index (Phi) is 6.87. The number of fused-ring (bicyclic) bond motifs is 1. The number of likely N-dealkylation sites (tertiary alicyclic amines) is 1. The van der Waals surface area contributed by atoms with E-state index in [4.69, 9.17) is 16.0 Å². The van der Waals surface area contributed by atoms with Crippen LogP contribution in [0.2, 0.25) is 0 Å². The Morgan fingerprint density at radius 3 is 2.49 bits per heavy atom. The summed E-state index contributed by atoms with van der Waals surface area (Å²) in [6.45, 7) is 16.4. The summed E-state index contributed by atoms with van der Waals surface area (Å²) in [5.41, 5.74) is 4.27. The first-order chi connectivity index (χ1) is 18.6. The van der Waals surface area contributed by atoms with E-state index < -0.39 is 5.60 Å². The quantitative estimate of drug-likeness (QED) is 0.330. The second-order valence-electron chi connectivity index (χ2n) is 10.9. The minimum atomic E-state index is -0.549. The van der Waals surface area contributed by atoms with Gasteiger partial charge in [0.05, 0.1) is 18.9 Å². The zero-order valence-corrected chi connectivity index (χ0v) is 22.5. The second-order valence-corrected chi connectivity index (χ2v) is 10.9. The van der Waals surface area contributed by atoms with Crippen LogP contribution in [0, 0.1) is 19.4 Å². The van der Waals surface area contributed by atoms with Crippen LogP contribution in [-0.2, 0) is 4.74 Å². The van der Waals surface area contributed by atoms with Crippen molar-refractivity contribution in [2.75, 3.05) is 19.7 Å². The maximum absolute atomic E-state index is 13.1. The number of nitrogens with one attached hydrogen (secondary N) is 1. The molecule has 200 valence electrons. The van der Waals surface area contributed by atoms with Gasteiger partial charge in [-0.1, -0.05) is 54.1 Å². The van der Waals surface area contributed by atoms with Crippen molar-refractivity contribution in [3.63, 3.8) is 0 Å². The molecule has 9 nitrogen and oxygen atoms in total. The number of H-pyrrole nitrogens is 1. The number of benzene rings is 2. The highest BCUT2D eigenvalue weighted by Gasteiger charge is 2.30. The molecule has 0 aliphatic carbocycles. The molecule has 9 heteroatoms. The number of aromatic nitrogens is 3. The Balaban J connectivity index is 1.51. The molecule has 4 aromatic rings. The topological polar surface area (TPSA) is 93.3 Å². The third kappa shape index (κ3) is 5.50. The highest BCUT2D eigenvalue weighted by Crippen LogP contribution is 2.37. The van der Waals surface area contributed by atoms with E-state index in [0.717, 1.165) is 28.7 Å². The maximum Gasteiger partial charge on any atom is 0.410 e. The largest absolute Gasteiger partial charge is 0.489 e. The van der Waals surface area contributed by atoms with Crippen LogP contribution in [0.25, 0.3) is 32.9 Å². The lowest BCUT2D eigenvalue weighted by Gasteiger charge is -2.24. The molecular weight excluding hydrogens is 494 g/mol. The van der Waals surface area contributed by atoms with Gasteiger partial charge in [0, 0.05) is 24.6 Å². The third-order valence-electron chi connectivity index (χ3n) is 6.69. The number of aromatic amines is 1. The summed E-state index contributed by atoms with van der Waals surface area (Å²) >= 11 is 0. The Morgan fingerprint density at radius 2 is 1.82 bits per heavy atom. The lowest BCUT2D eigenvalue weighted by Crippen LogP contribution is -2.35. The molecule has 2 aromatic heterocycles. The Labute approximate surface area is 226 Å². The fraction of sp³-hybridized carbons (Fsp3) is 0.333. The van der Waals surface area contributed by atoms with Crippen LogP contribution < -0.4 is 10.4 Å². The van der Waals surface area contributed by atoms with E-state index in [-0.39, 0.29) is 17.7 Å². The average molecular weight is 526 g/mol. The molecule has 1 fully saturated rings. The molecule has 1 aliphatic rings. The van der Waals surface area contributed by atoms with Crippen molar-refractivity contribution in [3.8, 4) is 28.1 Å². The van der Waals surface area contributed by atoms with Gasteiger partial charge in [0.25, 0.3) is 0 Å². The van der Waals surface area contributed by atoms with Gasteiger partial charge >= 0.3 is 11.8 Å². The number of ether oxygens (including phenoxy) is 2. The summed E-state index contributed by atoms with van der Waals surface area (Å²) < 4.78 is 13.3. The van der Waals surface area contributed by atoms with Gasteiger partial charge in [-0.2, -0.15) is 0 Å². The van der Waals surface area contributed by atoms with Crippen molar-refractivity contribution in [1.82, 2.24) is 19.5 Å².